The maximum absolute atomic E-state index is 12.3. The van der Waals surface area contributed by atoms with Crippen LogP contribution in [0, 0.1) is 11.8 Å². The molecule has 1 fully saturated rings. The number of aromatic nitrogens is 1. The van der Waals surface area contributed by atoms with E-state index in [9.17, 15) is 13.2 Å². The van der Waals surface area contributed by atoms with Gasteiger partial charge in [-0.1, -0.05) is 12.1 Å². The van der Waals surface area contributed by atoms with Crippen LogP contribution in [-0.4, -0.2) is 56.1 Å². The number of H-pyrrole nitrogens is 1. The van der Waals surface area contributed by atoms with Gasteiger partial charge in [0.2, 0.25) is 0 Å². The fourth-order valence-corrected chi connectivity index (χ4v) is 5.91. The maximum atomic E-state index is 12.3. The van der Waals surface area contributed by atoms with Gasteiger partial charge >= 0.3 is 5.97 Å². The zero-order valence-electron chi connectivity index (χ0n) is 18.4. The van der Waals surface area contributed by atoms with Crippen molar-refractivity contribution in [1.29, 1.82) is 0 Å². The molecular formula is C22H26N6O4S. The van der Waals surface area contributed by atoms with Gasteiger partial charge in [0, 0.05) is 11.6 Å². The van der Waals surface area contributed by atoms with Crippen molar-refractivity contribution in [1.82, 2.24) is 15.3 Å². The van der Waals surface area contributed by atoms with Gasteiger partial charge in [-0.2, -0.15) is 5.10 Å². The lowest BCUT2D eigenvalue weighted by Gasteiger charge is -2.35. The van der Waals surface area contributed by atoms with Crippen molar-refractivity contribution in [2.45, 2.75) is 36.7 Å². The molecule has 0 bridgehead atoms. The van der Waals surface area contributed by atoms with Crippen LogP contribution in [0.25, 0.3) is 16.6 Å². The average Bonchev–Trinajstić information content (AvgIpc) is 3.40. The van der Waals surface area contributed by atoms with E-state index in [1.807, 2.05) is 17.1 Å². The van der Waals surface area contributed by atoms with E-state index in [4.69, 9.17) is 10.5 Å². The van der Waals surface area contributed by atoms with Crippen molar-refractivity contribution < 1.29 is 17.9 Å². The number of benzene rings is 1. The third-order valence-electron chi connectivity index (χ3n) is 6.68. The third kappa shape index (κ3) is 3.65. The zero-order chi connectivity index (χ0) is 23.3. The molecule has 2 aromatic rings. The Balaban J connectivity index is 1.49. The van der Waals surface area contributed by atoms with E-state index in [2.05, 4.69) is 20.4 Å². The van der Waals surface area contributed by atoms with Crippen molar-refractivity contribution in [3.63, 3.8) is 0 Å². The summed E-state index contributed by atoms with van der Waals surface area (Å²) in [5, 5.41) is 10.7. The van der Waals surface area contributed by atoms with E-state index in [-0.39, 0.29) is 28.9 Å². The van der Waals surface area contributed by atoms with E-state index < -0.39 is 9.84 Å². The molecule has 3 aliphatic rings. The fourth-order valence-electron chi connectivity index (χ4n) is 5.04. The number of rotatable bonds is 4. The van der Waals surface area contributed by atoms with Crippen molar-refractivity contribution in [3.05, 3.63) is 35.7 Å². The van der Waals surface area contributed by atoms with Crippen LogP contribution in [0.4, 0.5) is 0 Å². The largest absolute Gasteiger partial charge is 0.469 e. The number of carbonyl (C=O) groups excluding carboxylic acids is 1. The summed E-state index contributed by atoms with van der Waals surface area (Å²) in [7, 11) is -1.98. The van der Waals surface area contributed by atoms with Crippen LogP contribution in [0.15, 0.2) is 45.0 Å². The summed E-state index contributed by atoms with van der Waals surface area (Å²) in [5.74, 6) is 0.344. The molecule has 2 aliphatic heterocycles. The number of para-hydroxylation sites is 1. The molecule has 10 nitrogen and oxygen atoms in total. The molecule has 1 aliphatic carbocycles. The summed E-state index contributed by atoms with van der Waals surface area (Å²) in [5.41, 5.74) is 8.90. The molecule has 11 heteroatoms. The molecule has 1 saturated carbocycles. The standard InChI is InChI=1S/C22H26N6O4S/c1-32-22(29)13-8-6-12(7-9-13)21-27-18(19-20(23)24-11-25-28(19)21)15-10-14-4-3-5-16(17(14)26-15)33(2,30)31/h3-5,10-13,21,26-27H,6-9H2,1-2H3,(H2,23,24,25). The van der Waals surface area contributed by atoms with Crippen LogP contribution in [0.3, 0.4) is 0 Å². The zero-order valence-corrected chi connectivity index (χ0v) is 19.2. The topological polar surface area (TPSA) is 142 Å². The normalized spacial score (nSPS) is 25.1. The van der Waals surface area contributed by atoms with Crippen LogP contribution >= 0.6 is 0 Å². The second kappa shape index (κ2) is 7.91. The first kappa shape index (κ1) is 21.5. The number of hydrazone groups is 1. The van der Waals surface area contributed by atoms with Gasteiger partial charge in [0.1, 0.15) is 18.2 Å². The second-order valence-corrected chi connectivity index (χ2v) is 10.7. The minimum Gasteiger partial charge on any atom is -0.469 e. The Morgan fingerprint density at radius 1 is 1.24 bits per heavy atom. The summed E-state index contributed by atoms with van der Waals surface area (Å²) in [6.07, 6.45) is 5.67. The fraction of sp³-hybridized carbons (Fsp3) is 0.409. The first-order chi connectivity index (χ1) is 15.8. The predicted molar refractivity (Wildman–Crippen MR) is 125 cm³/mol. The number of esters is 1. The van der Waals surface area contributed by atoms with E-state index >= 15 is 0 Å². The summed E-state index contributed by atoms with van der Waals surface area (Å²) in [6, 6.07) is 7.09. The molecular weight excluding hydrogens is 444 g/mol. The predicted octanol–water partition coefficient (Wildman–Crippen LogP) is 1.76. The molecule has 1 unspecified atom stereocenters. The number of amidine groups is 1. The number of ether oxygens (including phenoxy) is 1. The van der Waals surface area contributed by atoms with Crippen LogP contribution in [0.2, 0.25) is 0 Å². The molecule has 5 rings (SSSR count). The van der Waals surface area contributed by atoms with Gasteiger partial charge in [0.25, 0.3) is 0 Å². The van der Waals surface area contributed by atoms with E-state index in [0.29, 0.717) is 22.7 Å². The number of methoxy groups -OCH3 is 1. The van der Waals surface area contributed by atoms with Crippen molar-refractivity contribution in [3.8, 4) is 0 Å². The van der Waals surface area contributed by atoms with Gasteiger partial charge in [-0.3, -0.25) is 4.79 Å². The van der Waals surface area contributed by atoms with Gasteiger partial charge in [0.15, 0.2) is 15.7 Å². The van der Waals surface area contributed by atoms with Crippen LogP contribution < -0.4 is 11.1 Å². The second-order valence-electron chi connectivity index (χ2n) is 8.71. The number of hydrogen-bond acceptors (Lipinski definition) is 9. The number of sulfone groups is 1. The number of carbonyl (C=O) groups is 1. The van der Waals surface area contributed by atoms with Gasteiger partial charge < -0.3 is 20.8 Å². The van der Waals surface area contributed by atoms with Gasteiger partial charge in [-0.15, -0.1) is 0 Å². The molecule has 174 valence electrons. The molecule has 1 aromatic heterocycles. The average molecular weight is 471 g/mol. The molecule has 0 saturated heterocycles. The minimum absolute atomic E-state index is 0.0702. The number of nitrogens with one attached hydrogen (secondary N) is 2. The molecule has 0 spiro atoms. The highest BCUT2D eigenvalue weighted by Crippen LogP contribution is 2.39. The summed E-state index contributed by atoms with van der Waals surface area (Å²) in [6.45, 7) is 0. The smallest absolute Gasteiger partial charge is 0.308 e. The Morgan fingerprint density at radius 2 is 2.00 bits per heavy atom. The number of hydrogen-bond donors (Lipinski definition) is 3. The maximum Gasteiger partial charge on any atom is 0.308 e. The van der Waals surface area contributed by atoms with Gasteiger partial charge in [-0.05, 0) is 43.7 Å². The lowest BCUT2D eigenvalue weighted by Crippen LogP contribution is -2.44. The lowest BCUT2D eigenvalue weighted by molar-refractivity contribution is -0.147. The Hall–Kier alpha value is -3.34. The van der Waals surface area contributed by atoms with Crippen LogP contribution in [0.5, 0.6) is 0 Å². The van der Waals surface area contributed by atoms with Crippen LogP contribution in [0.1, 0.15) is 31.4 Å². The Labute approximate surface area is 191 Å². The highest BCUT2D eigenvalue weighted by atomic mass is 32.2. The third-order valence-corrected chi connectivity index (χ3v) is 7.82. The summed E-state index contributed by atoms with van der Waals surface area (Å²) in [4.78, 5) is 19.6. The molecule has 0 amide bonds. The van der Waals surface area contributed by atoms with Crippen LogP contribution in [-0.2, 0) is 19.4 Å². The Kier molecular flexibility index (Phi) is 5.15. The SMILES string of the molecule is COC(=O)C1CCC(C2NC(c3cc4cccc(S(C)(=O)=O)c4[nH]3)=C3C(N)=NC=NN32)CC1. The number of aromatic amines is 1. The monoisotopic (exact) mass is 470 g/mol. The first-order valence-corrected chi connectivity index (χ1v) is 12.7. The molecule has 4 N–H and O–H groups in total. The number of nitrogens with two attached hydrogens (primary N) is 1. The quantitative estimate of drug-likeness (QED) is 0.578. The number of aliphatic imine (C=N–C) groups is 1. The van der Waals surface area contributed by atoms with Gasteiger partial charge in [0.05, 0.1) is 34.8 Å². The highest BCUT2D eigenvalue weighted by molar-refractivity contribution is 7.91. The number of fused-ring (bicyclic) bond motifs is 2. The van der Waals surface area contributed by atoms with E-state index in [0.717, 1.165) is 36.8 Å². The highest BCUT2D eigenvalue weighted by Gasteiger charge is 2.42. The Bertz CT molecular complexity index is 1320. The molecule has 33 heavy (non-hydrogen) atoms. The van der Waals surface area contributed by atoms with E-state index in [1.54, 1.807) is 12.1 Å². The molecule has 1 atom stereocenters. The van der Waals surface area contributed by atoms with Crippen molar-refractivity contribution in [2.24, 2.45) is 27.7 Å². The molecule has 1 aromatic carbocycles. The summed E-state index contributed by atoms with van der Waals surface area (Å²) >= 11 is 0. The van der Waals surface area contributed by atoms with Crippen molar-refractivity contribution >= 4 is 44.6 Å². The van der Waals surface area contributed by atoms with E-state index in [1.165, 1.54) is 19.7 Å². The number of nitrogens with zero attached hydrogens (tertiary/aromatic N) is 3. The minimum atomic E-state index is -3.40. The van der Waals surface area contributed by atoms with Crippen molar-refractivity contribution in [2.75, 3.05) is 13.4 Å². The molecule has 0 radical (unpaired) electrons. The lowest BCUT2D eigenvalue weighted by atomic mass is 9.80. The molecule has 3 heterocycles. The van der Waals surface area contributed by atoms with Gasteiger partial charge in [-0.25, -0.2) is 18.4 Å². The summed E-state index contributed by atoms with van der Waals surface area (Å²) < 4.78 is 29.4. The first-order valence-electron chi connectivity index (χ1n) is 10.8. The Morgan fingerprint density at radius 3 is 2.70 bits per heavy atom.